The van der Waals surface area contributed by atoms with E-state index < -0.39 is 11.6 Å². The highest BCUT2D eigenvalue weighted by atomic mass is 16.7. The minimum atomic E-state index is -1.13. The molecule has 168 valence electrons. The number of hydrogen-bond donors (Lipinski definition) is 1. The second-order valence-corrected chi connectivity index (χ2v) is 8.70. The predicted molar refractivity (Wildman–Crippen MR) is 115 cm³/mol. The van der Waals surface area contributed by atoms with E-state index in [9.17, 15) is 9.59 Å². The van der Waals surface area contributed by atoms with Crippen LogP contribution in [0.3, 0.4) is 0 Å². The Hall–Kier alpha value is -2.77. The van der Waals surface area contributed by atoms with Crippen molar-refractivity contribution in [1.82, 2.24) is 10.2 Å². The van der Waals surface area contributed by atoms with Gasteiger partial charge < -0.3 is 24.5 Å². The molecule has 8 nitrogen and oxygen atoms in total. The van der Waals surface area contributed by atoms with Gasteiger partial charge in [-0.1, -0.05) is 5.16 Å². The number of methoxy groups -OCH3 is 1. The van der Waals surface area contributed by atoms with E-state index in [0.29, 0.717) is 36.6 Å². The van der Waals surface area contributed by atoms with Crippen molar-refractivity contribution in [2.75, 3.05) is 20.7 Å². The number of nitrogens with zero attached hydrogens (tertiary/aromatic N) is 2. The third-order valence-corrected chi connectivity index (χ3v) is 6.47. The summed E-state index contributed by atoms with van der Waals surface area (Å²) in [4.78, 5) is 32.7. The van der Waals surface area contributed by atoms with E-state index in [1.807, 2.05) is 18.2 Å². The molecule has 0 radical (unpaired) electrons. The van der Waals surface area contributed by atoms with Crippen LogP contribution in [0.2, 0.25) is 0 Å². The van der Waals surface area contributed by atoms with Gasteiger partial charge in [-0.05, 0) is 63.6 Å². The van der Waals surface area contributed by atoms with Crippen LogP contribution in [0.15, 0.2) is 23.4 Å². The minimum absolute atomic E-state index is 0.141. The van der Waals surface area contributed by atoms with E-state index in [4.69, 9.17) is 14.3 Å². The minimum Gasteiger partial charge on any atom is -0.493 e. The molecule has 2 atom stereocenters. The normalized spacial score (nSPS) is 25.8. The molecule has 1 aromatic rings. The van der Waals surface area contributed by atoms with Gasteiger partial charge in [0.15, 0.2) is 11.5 Å². The molecule has 1 saturated heterocycles. The molecule has 4 rings (SSSR count). The van der Waals surface area contributed by atoms with Crippen molar-refractivity contribution >= 4 is 17.5 Å². The van der Waals surface area contributed by atoms with Crippen LogP contribution in [0.25, 0.3) is 0 Å². The maximum Gasteiger partial charge on any atom is 0.270 e. The number of likely N-dealkylation sites (tertiary alicyclic amines) is 1. The topological polar surface area (TPSA) is 89.5 Å². The fourth-order valence-corrected chi connectivity index (χ4v) is 4.70. The maximum atomic E-state index is 13.3. The Bertz CT molecular complexity index is 880. The number of likely N-dealkylation sites (N-methyl/N-ethyl adjacent to an activating group) is 1. The van der Waals surface area contributed by atoms with Gasteiger partial charge in [0, 0.05) is 25.6 Å². The number of hydrogen-bond acceptors (Lipinski definition) is 6. The summed E-state index contributed by atoms with van der Waals surface area (Å²) in [5.74, 6) is 1.03. The van der Waals surface area contributed by atoms with Crippen molar-refractivity contribution < 1.29 is 23.9 Å². The standard InChI is InChI=1S/C23H31N3O5/c1-23(22(28)26-12-6-9-18(26)21(27)24-2)14-17(25-31-23)15-10-11-19(29-3)20(13-15)30-16-7-4-5-8-16/h10-11,13,16,18H,4-9,12,14H2,1-3H3,(H,24,27). The Morgan fingerprint density at radius 2 is 1.97 bits per heavy atom. The Labute approximate surface area is 182 Å². The molecule has 2 heterocycles. The molecule has 31 heavy (non-hydrogen) atoms. The van der Waals surface area contributed by atoms with E-state index in [-0.39, 0.29) is 17.9 Å². The fraction of sp³-hybridized carbons (Fsp3) is 0.609. The Morgan fingerprint density at radius 1 is 1.19 bits per heavy atom. The van der Waals surface area contributed by atoms with E-state index >= 15 is 0 Å². The number of carbonyl (C=O) groups excluding carboxylic acids is 2. The van der Waals surface area contributed by atoms with Gasteiger partial charge in [-0.15, -0.1) is 0 Å². The Balaban J connectivity index is 1.49. The zero-order valence-corrected chi connectivity index (χ0v) is 18.5. The predicted octanol–water partition coefficient (Wildman–Crippen LogP) is 2.64. The largest absolute Gasteiger partial charge is 0.493 e. The van der Waals surface area contributed by atoms with Crippen LogP contribution in [-0.2, 0) is 14.4 Å². The number of ether oxygens (including phenoxy) is 2. The summed E-state index contributed by atoms with van der Waals surface area (Å²) in [7, 11) is 3.22. The molecule has 1 saturated carbocycles. The smallest absolute Gasteiger partial charge is 0.270 e. The van der Waals surface area contributed by atoms with Crippen molar-refractivity contribution in [1.29, 1.82) is 0 Å². The SMILES string of the molecule is CNC(=O)C1CCCN1C(=O)C1(C)CC(c2ccc(OC)c(OC3CCCC3)c2)=NO1. The van der Waals surface area contributed by atoms with Gasteiger partial charge >= 0.3 is 0 Å². The monoisotopic (exact) mass is 429 g/mol. The summed E-state index contributed by atoms with van der Waals surface area (Å²) >= 11 is 0. The first-order chi connectivity index (χ1) is 14.9. The van der Waals surface area contributed by atoms with Crippen LogP contribution in [0.4, 0.5) is 0 Å². The quantitative estimate of drug-likeness (QED) is 0.751. The van der Waals surface area contributed by atoms with E-state index in [0.717, 1.165) is 24.8 Å². The molecule has 1 aromatic carbocycles. The van der Waals surface area contributed by atoms with Gasteiger partial charge in [-0.3, -0.25) is 9.59 Å². The molecule has 2 fully saturated rings. The van der Waals surface area contributed by atoms with Gasteiger partial charge in [-0.2, -0.15) is 0 Å². The fourth-order valence-electron chi connectivity index (χ4n) is 4.70. The summed E-state index contributed by atoms with van der Waals surface area (Å²) in [6.07, 6.45) is 6.46. The number of oxime groups is 1. The van der Waals surface area contributed by atoms with Crippen molar-refractivity contribution in [2.24, 2.45) is 5.16 Å². The third kappa shape index (κ3) is 4.20. The summed E-state index contributed by atoms with van der Waals surface area (Å²) < 4.78 is 11.7. The molecule has 1 aliphatic carbocycles. The lowest BCUT2D eigenvalue weighted by molar-refractivity contribution is -0.156. The van der Waals surface area contributed by atoms with Crippen LogP contribution >= 0.6 is 0 Å². The van der Waals surface area contributed by atoms with Crippen LogP contribution in [-0.4, -0.2) is 60.9 Å². The third-order valence-electron chi connectivity index (χ3n) is 6.47. The number of carbonyl (C=O) groups is 2. The molecule has 1 N–H and O–H groups in total. The average Bonchev–Trinajstić information content (AvgIpc) is 3.54. The number of nitrogens with one attached hydrogen (secondary N) is 1. The maximum absolute atomic E-state index is 13.3. The Morgan fingerprint density at radius 3 is 2.68 bits per heavy atom. The van der Waals surface area contributed by atoms with Crippen molar-refractivity contribution in [2.45, 2.75) is 69.6 Å². The van der Waals surface area contributed by atoms with E-state index in [2.05, 4.69) is 10.5 Å². The van der Waals surface area contributed by atoms with Crippen molar-refractivity contribution in [3.8, 4) is 11.5 Å². The zero-order chi connectivity index (χ0) is 22.0. The van der Waals surface area contributed by atoms with Crippen LogP contribution in [0, 0.1) is 0 Å². The molecule has 2 unspecified atom stereocenters. The number of rotatable bonds is 6. The van der Waals surface area contributed by atoms with Crippen molar-refractivity contribution in [3.05, 3.63) is 23.8 Å². The molecule has 8 heteroatoms. The molecule has 3 aliphatic rings. The highest BCUT2D eigenvalue weighted by Gasteiger charge is 2.48. The first-order valence-corrected chi connectivity index (χ1v) is 11.1. The van der Waals surface area contributed by atoms with Gasteiger partial charge in [0.05, 0.1) is 18.9 Å². The molecular formula is C23H31N3O5. The molecular weight excluding hydrogens is 398 g/mol. The van der Waals surface area contributed by atoms with Gasteiger partial charge in [0.25, 0.3) is 5.91 Å². The summed E-state index contributed by atoms with van der Waals surface area (Å²) in [6, 6.07) is 5.23. The van der Waals surface area contributed by atoms with Gasteiger partial charge in [-0.25, -0.2) is 0 Å². The van der Waals surface area contributed by atoms with E-state index in [1.54, 1.807) is 26.0 Å². The molecule has 2 aliphatic heterocycles. The molecule has 0 bridgehead atoms. The van der Waals surface area contributed by atoms with Crippen LogP contribution < -0.4 is 14.8 Å². The van der Waals surface area contributed by atoms with Crippen LogP contribution in [0.1, 0.15) is 57.4 Å². The highest BCUT2D eigenvalue weighted by Crippen LogP contribution is 2.36. The lowest BCUT2D eigenvalue weighted by atomic mass is 9.94. The lowest BCUT2D eigenvalue weighted by Gasteiger charge is -2.30. The van der Waals surface area contributed by atoms with E-state index in [1.165, 1.54) is 12.8 Å². The number of amides is 2. The first kappa shape index (κ1) is 21.5. The highest BCUT2D eigenvalue weighted by molar-refractivity contribution is 6.06. The average molecular weight is 430 g/mol. The first-order valence-electron chi connectivity index (χ1n) is 11.1. The zero-order valence-electron chi connectivity index (χ0n) is 18.5. The van der Waals surface area contributed by atoms with Gasteiger partial charge in [0.1, 0.15) is 6.04 Å². The summed E-state index contributed by atoms with van der Waals surface area (Å²) in [5.41, 5.74) is 0.401. The molecule has 2 amide bonds. The molecule has 0 spiro atoms. The Kier molecular flexibility index (Phi) is 6.07. The summed E-state index contributed by atoms with van der Waals surface area (Å²) in [5, 5.41) is 6.89. The van der Waals surface area contributed by atoms with Gasteiger partial charge in [0.2, 0.25) is 11.5 Å². The second-order valence-electron chi connectivity index (χ2n) is 8.70. The van der Waals surface area contributed by atoms with Crippen molar-refractivity contribution in [3.63, 3.8) is 0 Å². The second kappa shape index (κ2) is 8.77. The lowest BCUT2D eigenvalue weighted by Crippen LogP contribution is -2.53. The number of benzene rings is 1. The summed E-state index contributed by atoms with van der Waals surface area (Å²) in [6.45, 7) is 2.29. The van der Waals surface area contributed by atoms with Crippen LogP contribution in [0.5, 0.6) is 11.5 Å². The molecule has 0 aromatic heterocycles.